The first-order chi connectivity index (χ1) is 9.44. The van der Waals surface area contributed by atoms with Crippen molar-refractivity contribution in [2.45, 2.75) is 33.6 Å². The molecule has 0 aliphatic rings. The zero-order valence-electron chi connectivity index (χ0n) is 12.4. The lowest BCUT2D eigenvalue weighted by atomic mass is 10.0. The van der Waals surface area contributed by atoms with Gasteiger partial charge in [0.25, 0.3) is 0 Å². The highest BCUT2D eigenvalue weighted by atomic mass is 16.4. The number of amides is 3. The van der Waals surface area contributed by atoms with E-state index in [1.54, 1.807) is 4.90 Å². The van der Waals surface area contributed by atoms with Gasteiger partial charge in [0.15, 0.2) is 0 Å². The zero-order chi connectivity index (χ0) is 15.5. The summed E-state index contributed by atoms with van der Waals surface area (Å²) in [6, 6.07) is -0.450. The van der Waals surface area contributed by atoms with Crippen LogP contribution in [-0.2, 0) is 9.59 Å². The van der Waals surface area contributed by atoms with Crippen molar-refractivity contribution >= 4 is 17.9 Å². The van der Waals surface area contributed by atoms with E-state index < -0.39 is 12.0 Å². The van der Waals surface area contributed by atoms with E-state index in [-0.39, 0.29) is 31.3 Å². The Morgan fingerprint density at radius 3 is 2.15 bits per heavy atom. The lowest BCUT2D eigenvalue weighted by molar-refractivity contribution is -0.138. The Morgan fingerprint density at radius 2 is 1.70 bits per heavy atom. The molecule has 1 atom stereocenters. The van der Waals surface area contributed by atoms with Gasteiger partial charge in [-0.2, -0.15) is 0 Å². The van der Waals surface area contributed by atoms with Crippen LogP contribution < -0.4 is 10.6 Å². The third kappa shape index (κ3) is 7.60. The molecule has 0 aliphatic heterocycles. The second-order valence-electron chi connectivity index (χ2n) is 4.50. The number of carbonyl (C=O) groups is 3. The molecule has 116 valence electrons. The number of carboxylic acids is 1. The number of carboxylic acid groups (broad SMARTS) is 1. The number of likely N-dealkylation sites (N-methyl/N-ethyl adjacent to an activating group) is 1. The molecule has 0 saturated carbocycles. The maximum Gasteiger partial charge on any atom is 0.315 e. The van der Waals surface area contributed by atoms with Gasteiger partial charge < -0.3 is 20.6 Å². The maximum atomic E-state index is 11.7. The number of rotatable bonds is 9. The summed E-state index contributed by atoms with van der Waals surface area (Å²) in [6.07, 6.45) is 0.695. The van der Waals surface area contributed by atoms with Crippen molar-refractivity contribution in [1.82, 2.24) is 15.5 Å². The standard InChI is InChI=1S/C13H25N3O4/c1-4-10(7-12(18)19)8-14-13(20)15-9-11(17)16(5-2)6-3/h10H,4-9H2,1-3H3,(H,18,19)(H2,14,15,20). The second kappa shape index (κ2) is 10.1. The molecule has 7 nitrogen and oxygen atoms in total. The molecular weight excluding hydrogens is 262 g/mol. The number of hydrogen-bond donors (Lipinski definition) is 3. The number of hydrogen-bond acceptors (Lipinski definition) is 3. The molecule has 0 fully saturated rings. The van der Waals surface area contributed by atoms with Gasteiger partial charge in [-0.1, -0.05) is 13.3 Å². The fourth-order valence-corrected chi connectivity index (χ4v) is 1.75. The smallest absolute Gasteiger partial charge is 0.315 e. The highest BCUT2D eigenvalue weighted by Crippen LogP contribution is 2.06. The van der Waals surface area contributed by atoms with Crippen molar-refractivity contribution < 1.29 is 19.5 Å². The van der Waals surface area contributed by atoms with Gasteiger partial charge in [-0.15, -0.1) is 0 Å². The normalized spacial score (nSPS) is 11.6. The van der Waals surface area contributed by atoms with Crippen LogP contribution in [0, 0.1) is 5.92 Å². The van der Waals surface area contributed by atoms with E-state index in [0.717, 1.165) is 0 Å². The molecule has 0 aromatic carbocycles. The molecule has 7 heteroatoms. The number of carbonyl (C=O) groups excluding carboxylic acids is 2. The molecule has 0 aromatic rings. The van der Waals surface area contributed by atoms with Crippen LogP contribution in [0.3, 0.4) is 0 Å². The molecule has 0 aliphatic carbocycles. The third-order valence-electron chi connectivity index (χ3n) is 3.11. The molecular formula is C13H25N3O4. The van der Waals surface area contributed by atoms with Crippen LogP contribution in [0.15, 0.2) is 0 Å². The molecule has 0 aromatic heterocycles. The molecule has 20 heavy (non-hydrogen) atoms. The van der Waals surface area contributed by atoms with E-state index in [9.17, 15) is 14.4 Å². The van der Waals surface area contributed by atoms with Gasteiger partial charge >= 0.3 is 12.0 Å². The number of nitrogens with zero attached hydrogens (tertiary/aromatic N) is 1. The van der Waals surface area contributed by atoms with E-state index >= 15 is 0 Å². The third-order valence-corrected chi connectivity index (χ3v) is 3.11. The predicted molar refractivity (Wildman–Crippen MR) is 75.4 cm³/mol. The lowest BCUT2D eigenvalue weighted by Gasteiger charge is -2.19. The lowest BCUT2D eigenvalue weighted by Crippen LogP contribution is -2.44. The van der Waals surface area contributed by atoms with E-state index in [0.29, 0.717) is 19.5 Å². The van der Waals surface area contributed by atoms with Crippen LogP contribution in [0.5, 0.6) is 0 Å². The van der Waals surface area contributed by atoms with Gasteiger partial charge in [0.05, 0.1) is 6.54 Å². The monoisotopic (exact) mass is 287 g/mol. The first kappa shape index (κ1) is 18.2. The van der Waals surface area contributed by atoms with Crippen LogP contribution in [0.2, 0.25) is 0 Å². The highest BCUT2D eigenvalue weighted by molar-refractivity contribution is 5.83. The van der Waals surface area contributed by atoms with Crippen LogP contribution in [0.1, 0.15) is 33.6 Å². The van der Waals surface area contributed by atoms with Gasteiger partial charge in [0.1, 0.15) is 0 Å². The molecule has 1 unspecified atom stereocenters. The molecule has 0 radical (unpaired) electrons. The van der Waals surface area contributed by atoms with E-state index in [2.05, 4.69) is 10.6 Å². The average Bonchev–Trinajstić information content (AvgIpc) is 2.42. The van der Waals surface area contributed by atoms with Crippen LogP contribution in [-0.4, -0.2) is 54.1 Å². The van der Waals surface area contributed by atoms with Crippen molar-refractivity contribution in [2.75, 3.05) is 26.2 Å². The SMILES string of the molecule is CCC(CNC(=O)NCC(=O)N(CC)CC)CC(=O)O. The summed E-state index contributed by atoms with van der Waals surface area (Å²) in [5, 5.41) is 13.8. The Kier molecular flexibility index (Phi) is 9.15. The van der Waals surface area contributed by atoms with Crippen LogP contribution in [0.25, 0.3) is 0 Å². The summed E-state index contributed by atoms with van der Waals surface area (Å²) in [6.45, 7) is 7.07. The minimum Gasteiger partial charge on any atom is -0.481 e. The van der Waals surface area contributed by atoms with Gasteiger partial charge in [0, 0.05) is 26.1 Å². The number of aliphatic carboxylic acids is 1. The Morgan fingerprint density at radius 1 is 1.10 bits per heavy atom. The van der Waals surface area contributed by atoms with Gasteiger partial charge in [-0.05, 0) is 19.8 Å². The zero-order valence-corrected chi connectivity index (χ0v) is 12.4. The Labute approximate surface area is 119 Å². The Bertz CT molecular complexity index is 330. The van der Waals surface area contributed by atoms with Gasteiger partial charge in [-0.25, -0.2) is 4.79 Å². The van der Waals surface area contributed by atoms with Crippen molar-refractivity contribution in [3.05, 3.63) is 0 Å². The fourth-order valence-electron chi connectivity index (χ4n) is 1.75. The van der Waals surface area contributed by atoms with Crippen molar-refractivity contribution in [1.29, 1.82) is 0 Å². The minimum atomic E-state index is -0.879. The van der Waals surface area contributed by atoms with Crippen LogP contribution >= 0.6 is 0 Å². The predicted octanol–water partition coefficient (Wildman–Crippen LogP) is 0.655. The van der Waals surface area contributed by atoms with E-state index in [4.69, 9.17) is 5.11 Å². The molecule has 3 amide bonds. The van der Waals surface area contributed by atoms with Gasteiger partial charge in [-0.3, -0.25) is 9.59 Å². The molecule has 0 saturated heterocycles. The summed E-state index contributed by atoms with van der Waals surface area (Å²) in [7, 11) is 0. The molecule has 0 rings (SSSR count). The Balaban J connectivity index is 3.99. The maximum absolute atomic E-state index is 11.7. The summed E-state index contributed by atoms with van der Waals surface area (Å²) < 4.78 is 0. The van der Waals surface area contributed by atoms with E-state index in [1.807, 2.05) is 20.8 Å². The molecule has 0 heterocycles. The summed E-state index contributed by atoms with van der Waals surface area (Å²) in [5.74, 6) is -1.12. The largest absolute Gasteiger partial charge is 0.481 e. The molecule has 3 N–H and O–H groups in total. The van der Waals surface area contributed by atoms with Crippen molar-refractivity contribution in [2.24, 2.45) is 5.92 Å². The van der Waals surface area contributed by atoms with Gasteiger partial charge in [0.2, 0.25) is 5.91 Å². The quantitative estimate of drug-likeness (QED) is 0.580. The molecule has 0 bridgehead atoms. The first-order valence-electron chi connectivity index (χ1n) is 6.95. The fraction of sp³-hybridized carbons (Fsp3) is 0.769. The Hall–Kier alpha value is -1.79. The summed E-state index contributed by atoms with van der Waals surface area (Å²) >= 11 is 0. The van der Waals surface area contributed by atoms with Crippen molar-refractivity contribution in [3.8, 4) is 0 Å². The summed E-state index contributed by atoms with van der Waals surface area (Å²) in [5.41, 5.74) is 0. The second-order valence-corrected chi connectivity index (χ2v) is 4.50. The average molecular weight is 287 g/mol. The van der Waals surface area contributed by atoms with Crippen molar-refractivity contribution in [3.63, 3.8) is 0 Å². The first-order valence-corrected chi connectivity index (χ1v) is 6.95. The summed E-state index contributed by atoms with van der Waals surface area (Å²) in [4.78, 5) is 35.4. The minimum absolute atomic E-state index is 0.0230. The van der Waals surface area contributed by atoms with E-state index in [1.165, 1.54) is 0 Å². The number of urea groups is 1. The van der Waals surface area contributed by atoms with Crippen LogP contribution in [0.4, 0.5) is 4.79 Å². The highest BCUT2D eigenvalue weighted by Gasteiger charge is 2.14. The number of nitrogens with one attached hydrogen (secondary N) is 2. The topological polar surface area (TPSA) is 98.7 Å². The molecule has 0 spiro atoms.